The lowest BCUT2D eigenvalue weighted by Gasteiger charge is -2.45. The summed E-state index contributed by atoms with van der Waals surface area (Å²) in [5, 5.41) is 0. The van der Waals surface area contributed by atoms with Crippen molar-refractivity contribution >= 4 is 0 Å². The lowest BCUT2D eigenvalue weighted by Crippen LogP contribution is -2.35. The molecule has 0 heterocycles. The first-order chi connectivity index (χ1) is 16.8. The van der Waals surface area contributed by atoms with E-state index in [4.69, 9.17) is 0 Å². The molecule has 0 aliphatic heterocycles. The van der Waals surface area contributed by atoms with Gasteiger partial charge in [0.25, 0.3) is 0 Å². The molecule has 2 rings (SSSR count). The second-order valence-corrected chi connectivity index (χ2v) is 13.8. The van der Waals surface area contributed by atoms with Crippen LogP contribution in [0.4, 0.5) is 0 Å². The Bertz CT molecular complexity index is 661. The summed E-state index contributed by atoms with van der Waals surface area (Å²) >= 11 is 0. The Balaban J connectivity index is 0.000000784. The van der Waals surface area contributed by atoms with Crippen LogP contribution in [-0.4, -0.2) is 0 Å². The van der Waals surface area contributed by atoms with Crippen molar-refractivity contribution in [3.8, 4) is 0 Å². The highest BCUT2D eigenvalue weighted by atomic mass is 14.4. The van der Waals surface area contributed by atoms with Crippen LogP contribution in [0.25, 0.3) is 0 Å². The van der Waals surface area contributed by atoms with Crippen LogP contribution in [0, 0.1) is 47.3 Å². The Morgan fingerprint density at radius 3 is 1.67 bits per heavy atom. The topological polar surface area (TPSA) is 0 Å². The predicted molar refractivity (Wildman–Crippen MR) is 167 cm³/mol. The molecule has 0 N–H and O–H groups in total. The molecule has 0 aromatic heterocycles. The van der Waals surface area contributed by atoms with Gasteiger partial charge in [-0.15, -0.1) is 13.2 Å². The van der Waals surface area contributed by atoms with Gasteiger partial charge in [-0.3, -0.25) is 0 Å². The Morgan fingerprint density at radius 2 is 1.28 bits per heavy atom. The summed E-state index contributed by atoms with van der Waals surface area (Å²) in [6, 6.07) is 8.82. The van der Waals surface area contributed by atoms with E-state index >= 15 is 0 Å². The molecule has 1 aliphatic rings. The lowest BCUT2D eigenvalue weighted by molar-refractivity contribution is 0.0538. The van der Waals surface area contributed by atoms with Crippen LogP contribution in [0.3, 0.4) is 0 Å². The largest absolute Gasteiger partial charge is 0.106 e. The first-order valence-electron chi connectivity index (χ1n) is 15.3. The number of rotatable bonds is 9. The third-order valence-corrected chi connectivity index (χ3v) is 9.38. The average Bonchev–Trinajstić information content (AvgIpc) is 2.82. The van der Waals surface area contributed by atoms with Gasteiger partial charge in [0.2, 0.25) is 0 Å². The van der Waals surface area contributed by atoms with Crippen LogP contribution in [0.15, 0.2) is 37.4 Å². The zero-order valence-corrected chi connectivity index (χ0v) is 26.8. The van der Waals surface area contributed by atoms with Gasteiger partial charge < -0.3 is 0 Å². The van der Waals surface area contributed by atoms with Crippen molar-refractivity contribution in [2.45, 2.75) is 140 Å². The molecule has 5 atom stereocenters. The van der Waals surface area contributed by atoms with Crippen LogP contribution < -0.4 is 0 Å². The zero-order valence-electron chi connectivity index (χ0n) is 26.8. The summed E-state index contributed by atoms with van der Waals surface area (Å²) in [4.78, 5) is 0. The number of aryl methyl sites for hydroxylation is 1. The van der Waals surface area contributed by atoms with E-state index in [0.717, 1.165) is 29.6 Å². The van der Waals surface area contributed by atoms with Crippen molar-refractivity contribution in [3.63, 3.8) is 0 Å². The number of hydrogen-bond donors (Lipinski definition) is 0. The molecule has 0 bridgehead atoms. The van der Waals surface area contributed by atoms with E-state index in [1.165, 1.54) is 62.5 Å². The van der Waals surface area contributed by atoms with E-state index in [2.05, 4.69) is 121 Å². The minimum Gasteiger partial charge on any atom is -0.106 e. The summed E-state index contributed by atoms with van der Waals surface area (Å²) in [6.07, 6.45) is 11.1. The summed E-state index contributed by atoms with van der Waals surface area (Å²) in [5.41, 5.74) is 3.80. The second-order valence-electron chi connectivity index (χ2n) is 13.8. The average molecular weight is 499 g/mol. The van der Waals surface area contributed by atoms with Crippen LogP contribution in [0.2, 0.25) is 0 Å². The maximum atomic E-state index is 3.00. The number of benzene rings is 1. The number of hydrogen-bond acceptors (Lipinski definition) is 0. The molecular formula is C36H66. The van der Waals surface area contributed by atoms with Crippen LogP contribution in [-0.2, 0) is 0 Å². The van der Waals surface area contributed by atoms with Gasteiger partial charge >= 0.3 is 0 Å². The minimum absolute atomic E-state index is 0.451. The van der Waals surface area contributed by atoms with Crippen molar-refractivity contribution < 1.29 is 0 Å². The molecule has 0 amide bonds. The van der Waals surface area contributed by atoms with Crippen molar-refractivity contribution in [2.24, 2.45) is 40.4 Å². The SMILES string of the molecule is C=C.CCC(C)c1ccc(C)cc1.CCC(CC)(CC(C)C1CC(C)CC(C)C1)C(C)CC(C)(C)C. The monoisotopic (exact) mass is 499 g/mol. The Labute approximate surface area is 229 Å². The quantitative estimate of drug-likeness (QED) is 0.297. The zero-order chi connectivity index (χ0) is 28.1. The van der Waals surface area contributed by atoms with Gasteiger partial charge in [0, 0.05) is 0 Å². The van der Waals surface area contributed by atoms with Gasteiger partial charge in [-0.25, -0.2) is 0 Å². The van der Waals surface area contributed by atoms with Gasteiger partial charge in [-0.1, -0.05) is 119 Å². The first kappa shape index (κ1) is 35.0. The normalized spacial score (nSPS) is 22.8. The van der Waals surface area contributed by atoms with E-state index in [1.54, 1.807) is 0 Å². The summed E-state index contributed by atoms with van der Waals surface area (Å²) < 4.78 is 0. The van der Waals surface area contributed by atoms with E-state index in [0.29, 0.717) is 16.7 Å². The van der Waals surface area contributed by atoms with Gasteiger partial charge in [0.15, 0.2) is 0 Å². The molecule has 1 saturated carbocycles. The van der Waals surface area contributed by atoms with Gasteiger partial charge in [-0.05, 0) is 97.3 Å². The summed E-state index contributed by atoms with van der Waals surface area (Å²) in [6.45, 7) is 34.8. The van der Waals surface area contributed by atoms with E-state index in [1.807, 2.05) is 0 Å². The maximum absolute atomic E-state index is 3.00. The second kappa shape index (κ2) is 16.7. The van der Waals surface area contributed by atoms with E-state index < -0.39 is 0 Å². The molecule has 0 heteroatoms. The molecule has 36 heavy (non-hydrogen) atoms. The molecule has 210 valence electrons. The molecule has 1 aromatic carbocycles. The van der Waals surface area contributed by atoms with Gasteiger partial charge in [-0.2, -0.15) is 0 Å². The van der Waals surface area contributed by atoms with Crippen molar-refractivity contribution in [1.82, 2.24) is 0 Å². The molecular weight excluding hydrogens is 432 g/mol. The molecule has 1 aliphatic carbocycles. The molecule has 0 spiro atoms. The summed E-state index contributed by atoms with van der Waals surface area (Å²) in [5.74, 6) is 5.27. The smallest absolute Gasteiger partial charge is 0.0193 e. The molecule has 5 unspecified atom stereocenters. The fourth-order valence-electron chi connectivity index (χ4n) is 6.98. The van der Waals surface area contributed by atoms with Gasteiger partial charge in [0.1, 0.15) is 0 Å². The molecule has 1 fully saturated rings. The Hall–Kier alpha value is -1.04. The van der Waals surface area contributed by atoms with Crippen molar-refractivity contribution in [1.29, 1.82) is 0 Å². The lowest BCUT2D eigenvalue weighted by atomic mass is 9.60. The minimum atomic E-state index is 0.451. The maximum Gasteiger partial charge on any atom is -0.0193 e. The Kier molecular flexibility index (Phi) is 16.2. The van der Waals surface area contributed by atoms with Crippen molar-refractivity contribution in [2.75, 3.05) is 0 Å². The van der Waals surface area contributed by atoms with Gasteiger partial charge in [0.05, 0.1) is 0 Å². The van der Waals surface area contributed by atoms with E-state index in [-0.39, 0.29) is 0 Å². The summed E-state index contributed by atoms with van der Waals surface area (Å²) in [7, 11) is 0. The third-order valence-electron chi connectivity index (χ3n) is 9.38. The predicted octanol–water partition coefficient (Wildman–Crippen LogP) is 12.3. The highest BCUT2D eigenvalue weighted by Gasteiger charge is 2.38. The standard InChI is InChI=1S/C23H46.C11H16.C2H4/c1-10-23(11-2,20(6)16-22(7,8)9)15-19(5)21-13-17(3)12-18(4)14-21;1-4-10(3)11-7-5-9(2)6-8-11;1-2/h17-21H,10-16H2,1-9H3;5-8,10H,4H2,1-3H3;1-2H2. The van der Waals surface area contributed by atoms with E-state index in [9.17, 15) is 0 Å². The highest BCUT2D eigenvalue weighted by molar-refractivity contribution is 5.23. The highest BCUT2D eigenvalue weighted by Crippen LogP contribution is 2.49. The van der Waals surface area contributed by atoms with Crippen LogP contribution >= 0.6 is 0 Å². The first-order valence-corrected chi connectivity index (χ1v) is 15.3. The fourth-order valence-corrected chi connectivity index (χ4v) is 6.98. The molecule has 0 nitrogen and oxygen atoms in total. The fraction of sp³-hybridized carbons (Fsp3) is 0.778. The molecule has 0 radical (unpaired) electrons. The van der Waals surface area contributed by atoms with Crippen LogP contribution in [0.1, 0.15) is 145 Å². The third kappa shape index (κ3) is 12.0. The molecule has 1 aromatic rings. The van der Waals surface area contributed by atoms with Crippen molar-refractivity contribution in [3.05, 3.63) is 48.6 Å². The van der Waals surface area contributed by atoms with Crippen LogP contribution in [0.5, 0.6) is 0 Å². The molecule has 0 saturated heterocycles. The Morgan fingerprint density at radius 1 is 0.806 bits per heavy atom.